The summed E-state index contributed by atoms with van der Waals surface area (Å²) in [7, 11) is -2.40. The van der Waals surface area contributed by atoms with Crippen LogP contribution in [0.4, 0.5) is 5.69 Å². The molecule has 1 rings (SSSR count). The summed E-state index contributed by atoms with van der Waals surface area (Å²) in [6.45, 7) is 0. The van der Waals surface area contributed by atoms with E-state index in [0.29, 0.717) is 0 Å². The topological polar surface area (TPSA) is 86.5 Å². The van der Waals surface area contributed by atoms with Crippen LogP contribution in [-0.2, 0) is 9.84 Å². The maximum Gasteiger partial charge on any atom is 0.291 e. The van der Waals surface area contributed by atoms with E-state index < -0.39 is 20.4 Å². The van der Waals surface area contributed by atoms with Crippen LogP contribution in [0.2, 0.25) is 0 Å². The summed E-state index contributed by atoms with van der Waals surface area (Å²) in [6.07, 6.45) is 0. The molecule has 0 unspecified atom stereocenters. The number of benzene rings is 1. The van der Waals surface area contributed by atoms with Crippen LogP contribution in [-0.4, -0.2) is 32.1 Å². The van der Waals surface area contributed by atoms with Gasteiger partial charge in [-0.2, -0.15) is 0 Å². The van der Waals surface area contributed by atoms with Gasteiger partial charge in [0.2, 0.25) is 0 Å². The summed E-state index contributed by atoms with van der Waals surface area (Å²) in [5.41, 5.74) is -0.505. The highest BCUT2D eigenvalue weighted by Crippen LogP contribution is 2.29. The number of nitrogens with zero attached hydrogens (tertiary/aromatic N) is 1. The maximum absolute atomic E-state index is 11.7. The predicted molar refractivity (Wildman–Crippen MR) is 62.4 cm³/mol. The number of nitro groups is 1. The molecule has 0 aromatic heterocycles. The number of rotatable bonds is 5. The van der Waals surface area contributed by atoms with Gasteiger partial charge in [-0.05, 0) is 12.1 Å². The minimum Gasteiger partial charge on any atom is -0.497 e. The Hall–Kier alpha value is -1.34. The molecular formula is C9H10ClNO5S. The van der Waals surface area contributed by atoms with Crippen molar-refractivity contribution in [2.75, 3.05) is 18.7 Å². The molecule has 0 radical (unpaired) electrons. The summed E-state index contributed by atoms with van der Waals surface area (Å²) in [4.78, 5) is 9.69. The van der Waals surface area contributed by atoms with Crippen molar-refractivity contribution >= 4 is 27.1 Å². The molecule has 17 heavy (non-hydrogen) atoms. The van der Waals surface area contributed by atoms with Gasteiger partial charge in [0.1, 0.15) is 10.6 Å². The van der Waals surface area contributed by atoms with Crippen molar-refractivity contribution in [2.45, 2.75) is 4.90 Å². The lowest BCUT2D eigenvalue weighted by molar-refractivity contribution is -0.387. The Bertz CT molecular complexity index is 528. The molecule has 0 amide bonds. The first-order valence-corrected chi connectivity index (χ1v) is 6.72. The second-order valence-electron chi connectivity index (χ2n) is 3.10. The summed E-state index contributed by atoms with van der Waals surface area (Å²) < 4.78 is 28.3. The molecule has 0 N–H and O–H groups in total. The summed E-state index contributed by atoms with van der Waals surface area (Å²) >= 11 is 5.35. The average molecular weight is 280 g/mol. The molecule has 0 saturated heterocycles. The summed E-state index contributed by atoms with van der Waals surface area (Å²) in [5.74, 6) is -0.241. The fourth-order valence-electron chi connectivity index (χ4n) is 1.24. The van der Waals surface area contributed by atoms with Gasteiger partial charge in [0.25, 0.3) is 5.69 Å². The fraction of sp³-hybridized carbons (Fsp3) is 0.333. The molecule has 0 aliphatic heterocycles. The quantitative estimate of drug-likeness (QED) is 0.464. The van der Waals surface area contributed by atoms with E-state index in [1.165, 1.54) is 13.2 Å². The molecule has 0 aliphatic carbocycles. The molecule has 6 nitrogen and oxygen atoms in total. The van der Waals surface area contributed by atoms with Crippen LogP contribution in [0.15, 0.2) is 23.1 Å². The number of nitro benzene ring substituents is 1. The lowest BCUT2D eigenvalue weighted by Crippen LogP contribution is -2.10. The van der Waals surface area contributed by atoms with Crippen LogP contribution >= 0.6 is 11.6 Å². The van der Waals surface area contributed by atoms with E-state index in [9.17, 15) is 18.5 Å². The van der Waals surface area contributed by atoms with Gasteiger partial charge < -0.3 is 4.74 Å². The number of halogens is 1. The highest BCUT2D eigenvalue weighted by Gasteiger charge is 2.25. The Balaban J connectivity index is 3.39. The first kappa shape index (κ1) is 13.7. The number of alkyl halides is 1. The Labute approximate surface area is 103 Å². The van der Waals surface area contributed by atoms with Crippen LogP contribution in [0.3, 0.4) is 0 Å². The monoisotopic (exact) mass is 279 g/mol. The molecule has 8 heteroatoms. The van der Waals surface area contributed by atoms with E-state index in [1.54, 1.807) is 0 Å². The van der Waals surface area contributed by atoms with Gasteiger partial charge in [0, 0.05) is 5.88 Å². The molecule has 0 spiro atoms. The Kier molecular flexibility index (Phi) is 4.30. The van der Waals surface area contributed by atoms with Gasteiger partial charge in [-0.1, -0.05) is 0 Å². The van der Waals surface area contributed by atoms with Gasteiger partial charge in [-0.15, -0.1) is 11.6 Å². The molecule has 0 heterocycles. The highest BCUT2D eigenvalue weighted by molar-refractivity contribution is 7.91. The third-order valence-electron chi connectivity index (χ3n) is 2.04. The fourth-order valence-corrected chi connectivity index (χ4v) is 3.00. The van der Waals surface area contributed by atoms with Crippen LogP contribution in [0.5, 0.6) is 5.75 Å². The van der Waals surface area contributed by atoms with Gasteiger partial charge in [0.05, 0.1) is 23.9 Å². The van der Waals surface area contributed by atoms with Crippen LogP contribution in [0.25, 0.3) is 0 Å². The molecular weight excluding hydrogens is 270 g/mol. The van der Waals surface area contributed by atoms with Crippen molar-refractivity contribution in [3.05, 3.63) is 28.3 Å². The van der Waals surface area contributed by atoms with Crippen molar-refractivity contribution in [3.8, 4) is 5.75 Å². The van der Waals surface area contributed by atoms with Crippen molar-refractivity contribution in [2.24, 2.45) is 0 Å². The van der Waals surface area contributed by atoms with Crippen LogP contribution < -0.4 is 4.74 Å². The summed E-state index contributed by atoms with van der Waals surface area (Å²) in [5, 5.41) is 10.8. The van der Waals surface area contributed by atoms with E-state index in [0.717, 1.165) is 12.1 Å². The van der Waals surface area contributed by atoms with Gasteiger partial charge in [-0.3, -0.25) is 10.1 Å². The molecule has 0 aliphatic rings. The van der Waals surface area contributed by atoms with E-state index in [-0.39, 0.29) is 22.3 Å². The number of sulfone groups is 1. The Morgan fingerprint density at radius 1 is 1.47 bits per heavy atom. The third kappa shape index (κ3) is 3.07. The second kappa shape index (κ2) is 5.33. The van der Waals surface area contributed by atoms with Crippen molar-refractivity contribution < 1.29 is 18.1 Å². The number of hydrogen-bond acceptors (Lipinski definition) is 5. The van der Waals surface area contributed by atoms with Crippen molar-refractivity contribution in [1.82, 2.24) is 0 Å². The number of methoxy groups -OCH3 is 1. The molecule has 0 fully saturated rings. The minimum atomic E-state index is -3.74. The number of ether oxygens (including phenoxy) is 1. The van der Waals surface area contributed by atoms with Gasteiger partial charge in [0.15, 0.2) is 9.84 Å². The standard InChI is InChI=1S/C9H10ClNO5S/c1-16-7-2-3-9(8(6-7)11(12)13)17(14,15)5-4-10/h2-3,6H,4-5H2,1H3. The van der Waals surface area contributed by atoms with E-state index in [4.69, 9.17) is 16.3 Å². The zero-order valence-electron chi connectivity index (χ0n) is 8.92. The minimum absolute atomic E-state index is 0.120. The molecule has 1 aromatic carbocycles. The van der Waals surface area contributed by atoms with Crippen LogP contribution in [0, 0.1) is 10.1 Å². The SMILES string of the molecule is COc1ccc(S(=O)(=O)CCCl)c([N+](=O)[O-])c1. The lowest BCUT2D eigenvalue weighted by atomic mass is 10.3. The van der Waals surface area contributed by atoms with E-state index >= 15 is 0 Å². The van der Waals surface area contributed by atoms with Crippen LogP contribution in [0.1, 0.15) is 0 Å². The zero-order chi connectivity index (χ0) is 13.1. The predicted octanol–water partition coefficient (Wildman–Crippen LogP) is 1.62. The van der Waals surface area contributed by atoms with E-state index in [2.05, 4.69) is 0 Å². The third-order valence-corrected chi connectivity index (χ3v) is 4.21. The maximum atomic E-state index is 11.7. The first-order valence-electron chi connectivity index (χ1n) is 4.53. The van der Waals surface area contributed by atoms with Crippen molar-refractivity contribution in [1.29, 1.82) is 0 Å². The largest absolute Gasteiger partial charge is 0.497 e. The van der Waals surface area contributed by atoms with Gasteiger partial charge in [-0.25, -0.2) is 8.42 Å². The normalized spacial score (nSPS) is 11.2. The molecule has 94 valence electrons. The van der Waals surface area contributed by atoms with Crippen molar-refractivity contribution in [3.63, 3.8) is 0 Å². The Morgan fingerprint density at radius 2 is 2.12 bits per heavy atom. The molecule has 0 saturated carbocycles. The molecule has 1 aromatic rings. The number of hydrogen-bond donors (Lipinski definition) is 0. The Morgan fingerprint density at radius 3 is 2.59 bits per heavy atom. The second-order valence-corrected chi connectivity index (χ2v) is 5.55. The molecule has 0 atom stereocenters. The zero-order valence-corrected chi connectivity index (χ0v) is 10.5. The highest BCUT2D eigenvalue weighted by atomic mass is 35.5. The van der Waals surface area contributed by atoms with E-state index in [1.807, 2.05) is 0 Å². The molecule has 0 bridgehead atoms. The first-order chi connectivity index (χ1) is 7.92. The van der Waals surface area contributed by atoms with Gasteiger partial charge >= 0.3 is 0 Å². The smallest absolute Gasteiger partial charge is 0.291 e. The lowest BCUT2D eigenvalue weighted by Gasteiger charge is -2.05. The average Bonchev–Trinajstić information content (AvgIpc) is 2.28. The summed E-state index contributed by atoms with van der Waals surface area (Å²) in [6, 6.07) is 3.58.